The molecule has 0 bridgehead atoms. The Morgan fingerprint density at radius 3 is 2.34 bits per heavy atom. The molecule has 0 radical (unpaired) electrons. The summed E-state index contributed by atoms with van der Waals surface area (Å²) in [5, 5.41) is 0.861. The molecule has 7 rings (SSSR count). The molecule has 4 aromatic carbocycles. The average molecular weight is 605 g/mol. The zero-order valence-electron chi connectivity index (χ0n) is 24.5. The number of fused-ring (bicyclic) bond motifs is 5. The summed E-state index contributed by atoms with van der Waals surface area (Å²) in [6.07, 6.45) is 0.442. The van der Waals surface area contributed by atoms with Crippen LogP contribution in [-0.4, -0.2) is 30.4 Å². The van der Waals surface area contributed by atoms with Crippen molar-refractivity contribution in [3.05, 3.63) is 139 Å². The number of benzene rings is 4. The Balaban J connectivity index is 1.45. The molecule has 3 heterocycles. The number of halogens is 1. The van der Waals surface area contributed by atoms with Crippen LogP contribution in [0.15, 0.2) is 94.1 Å². The Morgan fingerprint density at radius 2 is 1.59 bits per heavy atom. The van der Waals surface area contributed by atoms with E-state index in [4.69, 9.17) is 20.8 Å². The van der Waals surface area contributed by atoms with Crippen LogP contribution in [0.25, 0.3) is 11.0 Å². The van der Waals surface area contributed by atoms with Crippen molar-refractivity contribution in [2.75, 3.05) is 18.6 Å². The molecule has 2 aliphatic heterocycles. The van der Waals surface area contributed by atoms with E-state index >= 15 is 4.79 Å². The van der Waals surface area contributed by atoms with Crippen LogP contribution >= 0.6 is 11.6 Å². The molecule has 8 heteroatoms. The number of amides is 2. The van der Waals surface area contributed by atoms with Crippen LogP contribution in [0.3, 0.4) is 0 Å². The summed E-state index contributed by atoms with van der Waals surface area (Å²) in [5.74, 6) is -0.260. The maximum absolute atomic E-state index is 15.0. The van der Waals surface area contributed by atoms with Crippen LogP contribution in [0.2, 0.25) is 5.02 Å². The minimum absolute atomic E-state index is 0.0621. The Hall–Kier alpha value is -4.88. The molecule has 0 saturated carbocycles. The van der Waals surface area contributed by atoms with Gasteiger partial charge in [0.25, 0.3) is 11.8 Å². The largest absolute Gasteiger partial charge is 0.497 e. The number of aryl methyl sites for hydroxylation is 2. The van der Waals surface area contributed by atoms with Gasteiger partial charge in [-0.25, -0.2) is 0 Å². The summed E-state index contributed by atoms with van der Waals surface area (Å²) >= 11 is 6.54. The highest BCUT2D eigenvalue weighted by Gasteiger charge is 2.64. The highest BCUT2D eigenvalue weighted by atomic mass is 35.5. The number of ether oxygens (including phenoxy) is 1. The highest BCUT2D eigenvalue weighted by molar-refractivity contribution is 6.31. The quantitative estimate of drug-likeness (QED) is 0.219. The standard InChI is InChI=1S/C36H29ClN2O5/c1-21-18-26-30(19-22(21)2)44-33-31(32(26)40)36(39(34(33)41)17-16-23-12-14-25(43-3)15-13-23)27-9-5-7-11-29(27)38(35(36)42)20-24-8-4-6-10-28(24)37/h4-15,18-19H,16-17,20H2,1-3H3. The smallest absolute Gasteiger partial charge is 0.291 e. The molecule has 0 N–H and O–H groups in total. The van der Waals surface area contributed by atoms with Crippen molar-refractivity contribution in [2.45, 2.75) is 32.4 Å². The van der Waals surface area contributed by atoms with Crippen molar-refractivity contribution in [1.82, 2.24) is 4.90 Å². The number of carbonyl (C=O) groups excluding carboxylic acids is 2. The summed E-state index contributed by atoms with van der Waals surface area (Å²) in [7, 11) is 1.60. The van der Waals surface area contributed by atoms with Gasteiger partial charge in [-0.05, 0) is 78.9 Å². The first-order valence-corrected chi connectivity index (χ1v) is 14.8. The fraction of sp³-hybridized carbons (Fsp3) is 0.194. The third-order valence-electron chi connectivity index (χ3n) is 8.92. The van der Waals surface area contributed by atoms with E-state index in [1.165, 1.54) is 4.90 Å². The number of para-hydroxylation sites is 1. The zero-order chi connectivity index (χ0) is 30.7. The Bertz CT molecular complexity index is 2050. The van der Waals surface area contributed by atoms with Gasteiger partial charge in [0.15, 0.2) is 11.0 Å². The molecular weight excluding hydrogens is 576 g/mol. The molecule has 2 aliphatic rings. The lowest BCUT2D eigenvalue weighted by Gasteiger charge is -2.34. The van der Waals surface area contributed by atoms with Gasteiger partial charge in [-0.1, -0.05) is 60.1 Å². The van der Waals surface area contributed by atoms with Gasteiger partial charge in [0.1, 0.15) is 11.3 Å². The zero-order valence-corrected chi connectivity index (χ0v) is 25.3. The summed E-state index contributed by atoms with van der Waals surface area (Å²) in [6, 6.07) is 25.8. The number of hydrogen-bond donors (Lipinski definition) is 0. The van der Waals surface area contributed by atoms with E-state index in [1.54, 1.807) is 30.2 Å². The third kappa shape index (κ3) is 3.99. The maximum Gasteiger partial charge on any atom is 0.291 e. The number of carbonyl (C=O) groups is 2. The second-order valence-electron chi connectivity index (χ2n) is 11.3. The van der Waals surface area contributed by atoms with Crippen LogP contribution in [0, 0.1) is 13.8 Å². The first kappa shape index (κ1) is 27.9. The molecule has 1 aromatic heterocycles. The molecule has 0 saturated heterocycles. The van der Waals surface area contributed by atoms with Crippen molar-refractivity contribution in [2.24, 2.45) is 0 Å². The number of nitrogens with zero attached hydrogens (tertiary/aromatic N) is 2. The number of methoxy groups -OCH3 is 1. The molecule has 0 aliphatic carbocycles. The predicted molar refractivity (Wildman–Crippen MR) is 170 cm³/mol. The van der Waals surface area contributed by atoms with Gasteiger partial charge >= 0.3 is 0 Å². The van der Waals surface area contributed by atoms with Gasteiger partial charge in [0, 0.05) is 17.1 Å². The minimum atomic E-state index is -1.70. The van der Waals surface area contributed by atoms with Crippen LogP contribution < -0.4 is 15.1 Å². The summed E-state index contributed by atoms with van der Waals surface area (Å²) in [5.41, 5.74) is 3.03. The topological polar surface area (TPSA) is 80.1 Å². The van der Waals surface area contributed by atoms with Gasteiger partial charge in [-0.15, -0.1) is 0 Å². The van der Waals surface area contributed by atoms with Crippen LogP contribution in [0.4, 0.5) is 5.69 Å². The van der Waals surface area contributed by atoms with Crippen LogP contribution in [0.5, 0.6) is 5.75 Å². The molecule has 5 aromatic rings. The van der Waals surface area contributed by atoms with Crippen molar-refractivity contribution in [3.63, 3.8) is 0 Å². The van der Waals surface area contributed by atoms with Crippen molar-refractivity contribution >= 4 is 40.1 Å². The summed E-state index contributed by atoms with van der Waals surface area (Å²) in [6.45, 7) is 4.19. The lowest BCUT2D eigenvalue weighted by atomic mass is 9.83. The van der Waals surface area contributed by atoms with Crippen molar-refractivity contribution < 1.29 is 18.7 Å². The average Bonchev–Trinajstić information content (AvgIpc) is 3.42. The molecule has 0 fully saturated rings. The number of hydrogen-bond acceptors (Lipinski definition) is 5. The monoisotopic (exact) mass is 604 g/mol. The van der Waals surface area contributed by atoms with Gasteiger partial charge < -0.3 is 19.0 Å². The first-order chi connectivity index (χ1) is 21.2. The fourth-order valence-corrected chi connectivity index (χ4v) is 6.73. The number of anilines is 1. The Morgan fingerprint density at radius 1 is 0.886 bits per heavy atom. The lowest BCUT2D eigenvalue weighted by Crippen LogP contribution is -2.53. The molecule has 7 nitrogen and oxygen atoms in total. The van der Waals surface area contributed by atoms with Crippen molar-refractivity contribution in [1.29, 1.82) is 0 Å². The lowest BCUT2D eigenvalue weighted by molar-refractivity contribution is -0.126. The minimum Gasteiger partial charge on any atom is -0.497 e. The Kier molecular flexibility index (Phi) is 6.59. The predicted octanol–water partition coefficient (Wildman–Crippen LogP) is 6.56. The number of rotatable bonds is 6. The maximum atomic E-state index is 15.0. The van der Waals surface area contributed by atoms with E-state index in [2.05, 4.69) is 0 Å². The molecule has 1 atom stereocenters. The van der Waals surface area contributed by atoms with Crippen LogP contribution in [-0.2, 0) is 23.3 Å². The van der Waals surface area contributed by atoms with Gasteiger partial charge in [0.05, 0.1) is 30.3 Å². The van der Waals surface area contributed by atoms with Gasteiger partial charge in [-0.2, -0.15) is 0 Å². The third-order valence-corrected chi connectivity index (χ3v) is 9.29. The van der Waals surface area contributed by atoms with E-state index < -0.39 is 17.4 Å². The fourth-order valence-electron chi connectivity index (χ4n) is 6.53. The highest BCUT2D eigenvalue weighted by Crippen LogP contribution is 2.53. The van der Waals surface area contributed by atoms with Gasteiger partial charge in [0.2, 0.25) is 5.76 Å². The molecule has 44 heavy (non-hydrogen) atoms. The normalized spacial score (nSPS) is 17.1. The van der Waals surface area contributed by atoms with Crippen LogP contribution in [0.1, 0.15) is 43.9 Å². The first-order valence-electron chi connectivity index (χ1n) is 14.4. The van der Waals surface area contributed by atoms with E-state index in [-0.39, 0.29) is 29.8 Å². The molecular formula is C36H29ClN2O5. The van der Waals surface area contributed by atoms with Crippen molar-refractivity contribution in [3.8, 4) is 5.75 Å². The molecule has 220 valence electrons. The molecule has 1 spiro atoms. The Labute approximate surface area is 259 Å². The molecule has 2 amide bonds. The summed E-state index contributed by atoms with van der Waals surface area (Å²) in [4.78, 5) is 47.1. The molecule has 1 unspecified atom stereocenters. The van der Waals surface area contributed by atoms with E-state index in [0.29, 0.717) is 33.7 Å². The van der Waals surface area contributed by atoms with E-state index in [9.17, 15) is 9.59 Å². The van der Waals surface area contributed by atoms with Gasteiger partial charge in [-0.3, -0.25) is 14.4 Å². The second-order valence-corrected chi connectivity index (χ2v) is 11.7. The second kappa shape index (κ2) is 10.4. The van der Waals surface area contributed by atoms with E-state index in [1.807, 2.05) is 80.6 Å². The SMILES string of the molecule is COc1ccc(CCN2C(=O)c3oc4cc(C)c(C)cc4c(=O)c3C23C(=O)N(Cc2ccccc2Cl)c2ccccc23)cc1. The van der Waals surface area contributed by atoms with E-state index in [0.717, 1.165) is 28.0 Å². The summed E-state index contributed by atoms with van der Waals surface area (Å²) < 4.78 is 11.6.